The zero-order valence-corrected chi connectivity index (χ0v) is 10.4. The fraction of sp³-hybridized carbons (Fsp3) is 0.0769. The molecule has 0 aliphatic heterocycles. The van der Waals surface area contributed by atoms with Gasteiger partial charge in [0.25, 0.3) is 0 Å². The molecular weight excluding hydrogens is 264 g/mol. The molecule has 2 aromatic rings. The zero-order chi connectivity index (χ0) is 14.7. The summed E-state index contributed by atoms with van der Waals surface area (Å²) in [6.45, 7) is 1.74. The molecule has 7 heteroatoms. The van der Waals surface area contributed by atoms with Gasteiger partial charge in [0.05, 0.1) is 11.1 Å². The van der Waals surface area contributed by atoms with E-state index in [9.17, 15) is 14.9 Å². The lowest BCUT2D eigenvalue weighted by Gasteiger charge is -2.06. The van der Waals surface area contributed by atoms with Crippen molar-refractivity contribution in [2.24, 2.45) is 0 Å². The number of benzene rings is 1. The molecule has 1 N–H and O–H groups in total. The predicted molar refractivity (Wildman–Crippen MR) is 69.1 cm³/mol. The maximum Gasteiger partial charge on any atom is 0.354 e. The van der Waals surface area contributed by atoms with E-state index < -0.39 is 10.9 Å². The Hall–Kier alpha value is -2.96. The van der Waals surface area contributed by atoms with Gasteiger partial charge >= 0.3 is 11.7 Å². The lowest BCUT2D eigenvalue weighted by molar-refractivity contribution is -0.385. The molecule has 0 bridgehead atoms. The third-order valence-corrected chi connectivity index (χ3v) is 2.49. The number of aromatic nitrogens is 1. The fourth-order valence-corrected chi connectivity index (χ4v) is 1.55. The Morgan fingerprint density at radius 2 is 2.10 bits per heavy atom. The average molecular weight is 274 g/mol. The van der Waals surface area contributed by atoms with Gasteiger partial charge in [-0.3, -0.25) is 10.1 Å². The Balaban J connectivity index is 2.30. The summed E-state index contributed by atoms with van der Waals surface area (Å²) in [6.07, 6.45) is 1.20. The molecule has 0 spiro atoms. The van der Waals surface area contributed by atoms with E-state index in [-0.39, 0.29) is 22.9 Å². The highest BCUT2D eigenvalue weighted by Gasteiger charge is 2.16. The van der Waals surface area contributed by atoms with E-state index in [1.54, 1.807) is 13.0 Å². The van der Waals surface area contributed by atoms with E-state index in [1.165, 1.54) is 30.5 Å². The third-order valence-electron chi connectivity index (χ3n) is 2.49. The van der Waals surface area contributed by atoms with Crippen LogP contribution in [-0.4, -0.2) is 21.0 Å². The van der Waals surface area contributed by atoms with E-state index >= 15 is 0 Å². The number of nitrogens with zero attached hydrogens (tertiary/aromatic N) is 2. The number of rotatable bonds is 4. The smallest absolute Gasteiger partial charge is 0.354 e. The second-order valence-electron chi connectivity index (χ2n) is 4.01. The first kappa shape index (κ1) is 13.5. The van der Waals surface area contributed by atoms with Crippen LogP contribution in [0.3, 0.4) is 0 Å². The largest absolute Gasteiger partial charge is 0.477 e. The average Bonchev–Trinajstić information content (AvgIpc) is 2.41. The molecular formula is C13H10N2O5. The minimum atomic E-state index is -1.15. The molecule has 0 aliphatic rings. The Labute approximate surface area is 113 Å². The quantitative estimate of drug-likeness (QED) is 0.679. The second-order valence-corrected chi connectivity index (χ2v) is 4.01. The molecule has 1 heterocycles. The summed E-state index contributed by atoms with van der Waals surface area (Å²) in [6, 6.07) is 7.21. The summed E-state index contributed by atoms with van der Waals surface area (Å²) in [4.78, 5) is 24.7. The number of hydrogen-bond donors (Lipinski definition) is 1. The second kappa shape index (κ2) is 5.35. The van der Waals surface area contributed by atoms with Crippen LogP contribution in [0.1, 0.15) is 16.1 Å². The summed E-state index contributed by atoms with van der Waals surface area (Å²) >= 11 is 0. The number of nitro benzene ring substituents is 1. The number of carbonyl (C=O) groups is 1. The molecule has 0 saturated carbocycles. The molecule has 0 amide bonds. The fourth-order valence-electron chi connectivity index (χ4n) is 1.55. The third kappa shape index (κ3) is 2.89. The van der Waals surface area contributed by atoms with Gasteiger partial charge in [-0.25, -0.2) is 9.78 Å². The number of aromatic carboxylic acids is 1. The molecule has 0 unspecified atom stereocenters. The van der Waals surface area contributed by atoms with Crippen LogP contribution in [0.15, 0.2) is 36.5 Å². The summed E-state index contributed by atoms with van der Waals surface area (Å²) in [7, 11) is 0. The van der Waals surface area contributed by atoms with Crippen molar-refractivity contribution in [3.63, 3.8) is 0 Å². The van der Waals surface area contributed by atoms with E-state index in [2.05, 4.69) is 4.98 Å². The van der Waals surface area contributed by atoms with Crippen LogP contribution in [0, 0.1) is 17.0 Å². The van der Waals surface area contributed by atoms with E-state index in [0.29, 0.717) is 0 Å². The Morgan fingerprint density at radius 1 is 1.35 bits per heavy atom. The standard InChI is InChI=1S/C13H10N2O5/c1-8-2-5-12(11(6-8)15(18)19)20-9-3-4-10(13(16)17)14-7-9/h2-7H,1H3,(H,16,17). The van der Waals surface area contributed by atoms with Crippen LogP contribution >= 0.6 is 0 Å². The SMILES string of the molecule is Cc1ccc(Oc2ccc(C(=O)O)nc2)c([N+](=O)[O-])c1. The molecule has 1 aromatic carbocycles. The van der Waals surface area contributed by atoms with Crippen LogP contribution in [0.4, 0.5) is 5.69 Å². The number of ether oxygens (including phenoxy) is 1. The van der Waals surface area contributed by atoms with Gasteiger partial charge in [0.15, 0.2) is 0 Å². The van der Waals surface area contributed by atoms with Gasteiger partial charge in [-0.05, 0) is 30.7 Å². The first-order valence-electron chi connectivity index (χ1n) is 5.59. The molecule has 1 aromatic heterocycles. The maximum atomic E-state index is 10.9. The molecule has 0 aliphatic carbocycles. The lowest BCUT2D eigenvalue weighted by atomic mass is 10.2. The molecule has 102 valence electrons. The van der Waals surface area contributed by atoms with Crippen molar-refractivity contribution >= 4 is 11.7 Å². The van der Waals surface area contributed by atoms with E-state index in [1.807, 2.05) is 0 Å². The van der Waals surface area contributed by atoms with Crippen LogP contribution < -0.4 is 4.74 Å². The van der Waals surface area contributed by atoms with E-state index in [4.69, 9.17) is 9.84 Å². The minimum Gasteiger partial charge on any atom is -0.477 e. The predicted octanol–water partition coefficient (Wildman–Crippen LogP) is 2.79. The lowest BCUT2D eigenvalue weighted by Crippen LogP contribution is -1.99. The summed E-state index contributed by atoms with van der Waals surface area (Å²) in [5.74, 6) is -0.856. The maximum absolute atomic E-state index is 10.9. The zero-order valence-electron chi connectivity index (χ0n) is 10.4. The first-order chi connectivity index (χ1) is 9.47. The summed E-state index contributed by atoms with van der Waals surface area (Å²) in [5.41, 5.74) is 0.450. The highest BCUT2D eigenvalue weighted by atomic mass is 16.6. The molecule has 0 fully saturated rings. The van der Waals surface area contributed by atoms with Crippen LogP contribution in [0.25, 0.3) is 0 Å². The number of pyridine rings is 1. The molecule has 20 heavy (non-hydrogen) atoms. The van der Waals surface area contributed by atoms with Gasteiger partial charge in [0.1, 0.15) is 11.4 Å². The highest BCUT2D eigenvalue weighted by molar-refractivity contribution is 5.85. The number of nitro groups is 1. The van der Waals surface area contributed by atoms with Gasteiger partial charge in [-0.15, -0.1) is 0 Å². The number of aryl methyl sites for hydroxylation is 1. The van der Waals surface area contributed by atoms with Crippen molar-refractivity contribution in [1.82, 2.24) is 4.98 Å². The topological polar surface area (TPSA) is 103 Å². The van der Waals surface area contributed by atoms with Gasteiger partial charge in [0, 0.05) is 6.07 Å². The van der Waals surface area contributed by atoms with Crippen molar-refractivity contribution in [1.29, 1.82) is 0 Å². The molecule has 0 atom stereocenters. The van der Waals surface area contributed by atoms with Crippen molar-refractivity contribution in [2.45, 2.75) is 6.92 Å². The van der Waals surface area contributed by atoms with E-state index in [0.717, 1.165) is 5.56 Å². The van der Waals surface area contributed by atoms with Crippen LogP contribution in [-0.2, 0) is 0 Å². The van der Waals surface area contributed by atoms with Crippen molar-refractivity contribution in [2.75, 3.05) is 0 Å². The van der Waals surface area contributed by atoms with Gasteiger partial charge < -0.3 is 9.84 Å². The first-order valence-corrected chi connectivity index (χ1v) is 5.59. The monoisotopic (exact) mass is 274 g/mol. The Morgan fingerprint density at radius 3 is 2.65 bits per heavy atom. The van der Waals surface area contributed by atoms with Gasteiger partial charge in [-0.1, -0.05) is 6.07 Å². The molecule has 0 radical (unpaired) electrons. The highest BCUT2D eigenvalue weighted by Crippen LogP contribution is 2.31. The van der Waals surface area contributed by atoms with Crippen molar-refractivity contribution in [3.8, 4) is 11.5 Å². The number of carboxylic acid groups (broad SMARTS) is 1. The van der Waals surface area contributed by atoms with Crippen LogP contribution in [0.5, 0.6) is 11.5 Å². The van der Waals surface area contributed by atoms with Crippen molar-refractivity contribution < 1.29 is 19.6 Å². The minimum absolute atomic E-state index is 0.0745. The van der Waals surface area contributed by atoms with Crippen molar-refractivity contribution in [3.05, 3.63) is 57.9 Å². The molecule has 2 rings (SSSR count). The summed E-state index contributed by atoms with van der Waals surface area (Å²) in [5, 5.41) is 19.7. The Bertz CT molecular complexity index is 667. The van der Waals surface area contributed by atoms with Gasteiger partial charge in [-0.2, -0.15) is 0 Å². The number of carboxylic acids is 1. The van der Waals surface area contributed by atoms with Crippen LogP contribution in [0.2, 0.25) is 0 Å². The van der Waals surface area contributed by atoms with Gasteiger partial charge in [0.2, 0.25) is 5.75 Å². The molecule has 0 saturated heterocycles. The Kier molecular flexibility index (Phi) is 3.60. The number of hydrogen-bond acceptors (Lipinski definition) is 5. The summed E-state index contributed by atoms with van der Waals surface area (Å²) < 4.78 is 5.36. The molecule has 7 nitrogen and oxygen atoms in total. The normalized spacial score (nSPS) is 10.1.